The Morgan fingerprint density at radius 1 is 1.06 bits per heavy atom. The van der Waals surface area contributed by atoms with Crippen LogP contribution in [0.25, 0.3) is 0 Å². The Bertz CT molecular complexity index is 215. The van der Waals surface area contributed by atoms with Gasteiger partial charge in [-0.15, -0.1) is 0 Å². The molecule has 0 aliphatic rings. The van der Waals surface area contributed by atoms with Crippen molar-refractivity contribution in [2.75, 3.05) is 13.0 Å². The van der Waals surface area contributed by atoms with E-state index < -0.39 is 7.60 Å². The molecule has 0 fully saturated rings. The second kappa shape index (κ2) is 7.41. The molecular formula is C10H23O5P. The summed E-state index contributed by atoms with van der Waals surface area (Å²) in [6, 6.07) is 0. The first-order valence-electron chi connectivity index (χ1n) is 5.47. The van der Waals surface area contributed by atoms with Gasteiger partial charge < -0.3 is 18.9 Å². The lowest BCUT2D eigenvalue weighted by atomic mass is 10.4. The second-order valence-electron chi connectivity index (χ2n) is 4.21. The molecule has 0 unspecified atom stereocenters. The number of ether oxygens (including phenoxy) is 1. The van der Waals surface area contributed by atoms with E-state index in [0.717, 1.165) is 0 Å². The molecule has 0 saturated heterocycles. The van der Waals surface area contributed by atoms with E-state index in [0.29, 0.717) is 0 Å². The summed E-state index contributed by atoms with van der Waals surface area (Å²) in [7, 11) is -3.23. The van der Waals surface area contributed by atoms with Crippen molar-refractivity contribution < 1.29 is 23.5 Å². The van der Waals surface area contributed by atoms with E-state index in [1.165, 1.54) is 0 Å². The highest BCUT2D eigenvalue weighted by Crippen LogP contribution is 2.50. The van der Waals surface area contributed by atoms with Gasteiger partial charge in [0.25, 0.3) is 0 Å². The van der Waals surface area contributed by atoms with E-state index in [1.807, 2.05) is 0 Å². The zero-order valence-corrected chi connectivity index (χ0v) is 11.6. The molecule has 0 saturated carbocycles. The number of hydrogen-bond donors (Lipinski definition) is 1. The summed E-state index contributed by atoms with van der Waals surface area (Å²) in [5.41, 5.74) is 0. The maximum absolute atomic E-state index is 12.2. The summed E-state index contributed by atoms with van der Waals surface area (Å²) in [6.07, 6.45) is -0.902. The van der Waals surface area contributed by atoms with Crippen LogP contribution in [0, 0.1) is 0 Å². The fourth-order valence-electron chi connectivity index (χ4n) is 0.999. The minimum Gasteiger partial charge on any atom is -0.394 e. The minimum atomic E-state index is -3.23. The topological polar surface area (TPSA) is 65.0 Å². The summed E-state index contributed by atoms with van der Waals surface area (Å²) in [4.78, 5) is 0. The normalized spacial score (nSPS) is 14.8. The molecule has 98 valence electrons. The van der Waals surface area contributed by atoms with Crippen LogP contribution in [0.1, 0.15) is 34.6 Å². The first kappa shape index (κ1) is 16.1. The first-order valence-corrected chi connectivity index (χ1v) is 7.20. The van der Waals surface area contributed by atoms with Gasteiger partial charge in [-0.05, 0) is 34.6 Å². The fraction of sp³-hybridized carbons (Fsp3) is 1.00. The summed E-state index contributed by atoms with van der Waals surface area (Å²) in [5.74, 6) is 0. The maximum atomic E-state index is 12.2. The Balaban J connectivity index is 4.36. The van der Waals surface area contributed by atoms with Gasteiger partial charge in [0.15, 0.2) is 0 Å². The second-order valence-corrected chi connectivity index (χ2v) is 6.11. The molecule has 0 aliphatic carbocycles. The van der Waals surface area contributed by atoms with E-state index >= 15 is 0 Å². The maximum Gasteiger partial charge on any atom is 0.356 e. The van der Waals surface area contributed by atoms with Gasteiger partial charge in [0.1, 0.15) is 6.35 Å². The Labute approximate surface area is 97.6 Å². The smallest absolute Gasteiger partial charge is 0.356 e. The highest BCUT2D eigenvalue weighted by atomic mass is 31.2. The molecule has 0 amide bonds. The number of aliphatic hydroxyl groups excluding tert-OH is 1. The highest BCUT2D eigenvalue weighted by Gasteiger charge is 2.28. The molecule has 0 heterocycles. The predicted octanol–water partition coefficient (Wildman–Crippen LogP) is 2.38. The summed E-state index contributed by atoms with van der Waals surface area (Å²) < 4.78 is 27.9. The van der Waals surface area contributed by atoms with Crippen LogP contribution in [-0.4, -0.2) is 36.4 Å². The van der Waals surface area contributed by atoms with Crippen molar-refractivity contribution in [3.63, 3.8) is 0 Å². The Morgan fingerprint density at radius 3 is 1.81 bits per heavy atom. The van der Waals surface area contributed by atoms with Crippen LogP contribution < -0.4 is 0 Å². The van der Waals surface area contributed by atoms with Crippen LogP contribution in [0.15, 0.2) is 0 Å². The molecule has 0 aromatic heterocycles. The summed E-state index contributed by atoms with van der Waals surface area (Å²) in [5, 5.41) is 8.80. The van der Waals surface area contributed by atoms with E-state index in [2.05, 4.69) is 0 Å². The van der Waals surface area contributed by atoms with Crippen LogP contribution in [-0.2, 0) is 18.3 Å². The van der Waals surface area contributed by atoms with Crippen LogP contribution in [0.3, 0.4) is 0 Å². The Hall–Kier alpha value is 0.0700. The van der Waals surface area contributed by atoms with Gasteiger partial charge in [-0.25, -0.2) is 0 Å². The molecule has 5 nitrogen and oxygen atoms in total. The first-order chi connectivity index (χ1) is 7.29. The molecule has 0 rings (SSSR count). The summed E-state index contributed by atoms with van der Waals surface area (Å²) >= 11 is 0. The molecule has 0 aliphatic heterocycles. The molecule has 0 aromatic carbocycles. The van der Waals surface area contributed by atoms with E-state index in [-0.39, 0.29) is 31.3 Å². The third kappa shape index (κ3) is 7.36. The number of hydrogen-bond acceptors (Lipinski definition) is 5. The molecule has 0 radical (unpaired) electrons. The Morgan fingerprint density at radius 2 is 1.50 bits per heavy atom. The molecule has 6 heteroatoms. The van der Waals surface area contributed by atoms with Crippen LogP contribution >= 0.6 is 7.60 Å². The quantitative estimate of drug-likeness (QED) is 0.674. The van der Waals surface area contributed by atoms with Crippen molar-refractivity contribution >= 4 is 7.60 Å². The van der Waals surface area contributed by atoms with Crippen molar-refractivity contribution in [3.05, 3.63) is 0 Å². The lowest BCUT2D eigenvalue weighted by molar-refractivity contribution is 0.0305. The van der Waals surface area contributed by atoms with Gasteiger partial charge in [0.2, 0.25) is 0 Å². The van der Waals surface area contributed by atoms with Crippen LogP contribution in [0.5, 0.6) is 0 Å². The van der Waals surface area contributed by atoms with Crippen molar-refractivity contribution in [3.8, 4) is 0 Å². The third-order valence-electron chi connectivity index (χ3n) is 1.52. The van der Waals surface area contributed by atoms with Crippen molar-refractivity contribution in [1.29, 1.82) is 0 Å². The van der Waals surface area contributed by atoms with Crippen molar-refractivity contribution in [2.45, 2.75) is 52.9 Å². The van der Waals surface area contributed by atoms with Gasteiger partial charge >= 0.3 is 7.60 Å². The largest absolute Gasteiger partial charge is 0.394 e. The molecular weight excluding hydrogens is 231 g/mol. The monoisotopic (exact) mass is 254 g/mol. The van der Waals surface area contributed by atoms with E-state index in [1.54, 1.807) is 34.6 Å². The number of aliphatic hydroxyl groups is 1. The molecule has 0 aromatic rings. The zero-order chi connectivity index (χ0) is 12.8. The average molecular weight is 254 g/mol. The average Bonchev–Trinajstić information content (AvgIpc) is 2.11. The van der Waals surface area contributed by atoms with Crippen molar-refractivity contribution in [2.24, 2.45) is 0 Å². The highest BCUT2D eigenvalue weighted by molar-refractivity contribution is 7.53. The Kier molecular flexibility index (Phi) is 7.44. The molecule has 1 N–H and O–H groups in total. The summed E-state index contributed by atoms with van der Waals surface area (Å²) in [6.45, 7) is 8.70. The van der Waals surface area contributed by atoms with Gasteiger partial charge in [-0.2, -0.15) is 0 Å². The van der Waals surface area contributed by atoms with Gasteiger partial charge in [0, 0.05) is 0 Å². The third-order valence-corrected chi connectivity index (χ3v) is 3.47. The SMILES string of the molecule is CC(C)OP(=O)(CO[C@H](C)CO)OC(C)C. The van der Waals surface area contributed by atoms with Gasteiger partial charge in [-0.3, -0.25) is 4.57 Å². The molecule has 16 heavy (non-hydrogen) atoms. The fourth-order valence-corrected chi connectivity index (χ4v) is 2.89. The zero-order valence-electron chi connectivity index (χ0n) is 10.7. The predicted molar refractivity (Wildman–Crippen MR) is 62.5 cm³/mol. The minimum absolute atomic E-state index is 0.122. The van der Waals surface area contributed by atoms with Gasteiger partial charge in [-0.1, -0.05) is 0 Å². The lowest BCUT2D eigenvalue weighted by Gasteiger charge is -2.23. The standard InChI is InChI=1S/C10H23O5P/c1-8(2)14-16(12,15-9(3)4)7-13-10(5)6-11/h8-11H,6-7H2,1-5H3/t10-/m1/s1. The molecule has 1 atom stereocenters. The van der Waals surface area contributed by atoms with Crippen LogP contribution in [0.2, 0.25) is 0 Å². The van der Waals surface area contributed by atoms with Crippen molar-refractivity contribution in [1.82, 2.24) is 0 Å². The lowest BCUT2D eigenvalue weighted by Crippen LogP contribution is -2.17. The van der Waals surface area contributed by atoms with E-state index in [9.17, 15) is 4.57 Å². The van der Waals surface area contributed by atoms with E-state index in [4.69, 9.17) is 18.9 Å². The van der Waals surface area contributed by atoms with Gasteiger partial charge in [0.05, 0.1) is 24.9 Å². The molecule has 0 spiro atoms. The van der Waals surface area contributed by atoms with Crippen LogP contribution in [0.4, 0.5) is 0 Å². The molecule has 0 bridgehead atoms. The number of rotatable bonds is 8.